The first-order valence-electron chi connectivity index (χ1n) is 4.22. The van der Waals surface area contributed by atoms with Crippen LogP contribution in [-0.2, 0) is 0 Å². The highest BCUT2D eigenvalue weighted by atomic mass is 79.9. The van der Waals surface area contributed by atoms with Gasteiger partial charge in [-0.15, -0.1) is 0 Å². The minimum absolute atomic E-state index is 0.325. The fraction of sp³-hybridized carbons (Fsp3) is 0.400. The second kappa shape index (κ2) is 4.22. The lowest BCUT2D eigenvalue weighted by molar-refractivity contribution is 0.164. The summed E-state index contributed by atoms with van der Waals surface area (Å²) in [5, 5.41) is 9.34. The van der Waals surface area contributed by atoms with Gasteiger partial charge in [0.2, 0.25) is 0 Å². The van der Waals surface area contributed by atoms with E-state index in [1.165, 1.54) is 0 Å². The highest BCUT2D eigenvalue weighted by molar-refractivity contribution is 9.10. The summed E-state index contributed by atoms with van der Waals surface area (Å²) in [5.74, 6) is 0. The van der Waals surface area contributed by atoms with E-state index in [-0.39, 0.29) is 6.04 Å². The molecule has 0 aliphatic carbocycles. The molecule has 3 N–H and O–H groups in total. The number of hydrogen-bond donors (Lipinski definition) is 2. The van der Waals surface area contributed by atoms with E-state index in [1.807, 2.05) is 25.1 Å². The maximum absolute atomic E-state index is 9.34. The fourth-order valence-electron chi connectivity index (χ4n) is 1.18. The SMILES string of the molecule is Cc1ccc(Br)c([C@@H](N)[C@@H](C)O)c1. The Hall–Kier alpha value is -0.380. The van der Waals surface area contributed by atoms with Gasteiger partial charge >= 0.3 is 0 Å². The van der Waals surface area contributed by atoms with E-state index >= 15 is 0 Å². The molecule has 2 atom stereocenters. The van der Waals surface area contributed by atoms with Crippen molar-refractivity contribution < 1.29 is 5.11 Å². The number of benzene rings is 1. The van der Waals surface area contributed by atoms with Gasteiger partial charge in [0.15, 0.2) is 0 Å². The Kier molecular flexibility index (Phi) is 3.47. The molecule has 0 amide bonds. The zero-order valence-electron chi connectivity index (χ0n) is 7.79. The standard InChI is InChI=1S/C10H14BrNO/c1-6-3-4-9(11)8(5-6)10(12)7(2)13/h3-5,7,10,13H,12H2,1-2H3/t7-,10+/m1/s1. The predicted octanol–water partition coefficient (Wildman–Crippen LogP) is 2.14. The Balaban J connectivity index is 3.05. The van der Waals surface area contributed by atoms with Crippen molar-refractivity contribution in [2.45, 2.75) is 26.0 Å². The molecule has 0 aliphatic heterocycles. The van der Waals surface area contributed by atoms with Crippen LogP contribution in [0.1, 0.15) is 24.1 Å². The molecule has 1 aromatic rings. The molecule has 1 rings (SSSR count). The molecule has 0 radical (unpaired) electrons. The number of halogens is 1. The number of aliphatic hydroxyl groups is 1. The molecule has 72 valence electrons. The molecule has 13 heavy (non-hydrogen) atoms. The number of aliphatic hydroxyl groups excluding tert-OH is 1. The monoisotopic (exact) mass is 243 g/mol. The zero-order valence-corrected chi connectivity index (χ0v) is 9.38. The number of aryl methyl sites for hydroxylation is 1. The highest BCUT2D eigenvalue weighted by Crippen LogP contribution is 2.24. The first-order chi connectivity index (χ1) is 6.02. The summed E-state index contributed by atoms with van der Waals surface area (Å²) in [6.45, 7) is 3.70. The van der Waals surface area contributed by atoms with Gasteiger partial charge in [-0.3, -0.25) is 0 Å². The Morgan fingerprint density at radius 1 is 1.46 bits per heavy atom. The van der Waals surface area contributed by atoms with Crippen LogP contribution in [0.5, 0.6) is 0 Å². The average Bonchev–Trinajstić information content (AvgIpc) is 2.08. The normalized spacial score (nSPS) is 15.5. The Morgan fingerprint density at radius 3 is 2.62 bits per heavy atom. The second-order valence-electron chi connectivity index (χ2n) is 3.29. The first-order valence-corrected chi connectivity index (χ1v) is 5.01. The van der Waals surface area contributed by atoms with Crippen LogP contribution in [0, 0.1) is 6.92 Å². The summed E-state index contributed by atoms with van der Waals surface area (Å²) >= 11 is 3.41. The van der Waals surface area contributed by atoms with E-state index in [0.29, 0.717) is 0 Å². The van der Waals surface area contributed by atoms with E-state index < -0.39 is 6.10 Å². The minimum Gasteiger partial charge on any atom is -0.391 e. The maximum Gasteiger partial charge on any atom is 0.0705 e. The van der Waals surface area contributed by atoms with Crippen LogP contribution in [-0.4, -0.2) is 11.2 Å². The number of nitrogens with two attached hydrogens (primary N) is 1. The van der Waals surface area contributed by atoms with Gasteiger partial charge < -0.3 is 10.8 Å². The van der Waals surface area contributed by atoms with Gasteiger partial charge in [-0.25, -0.2) is 0 Å². The van der Waals surface area contributed by atoms with Crippen LogP contribution in [0.15, 0.2) is 22.7 Å². The minimum atomic E-state index is -0.530. The number of rotatable bonds is 2. The van der Waals surface area contributed by atoms with E-state index in [2.05, 4.69) is 15.9 Å². The molecule has 1 aromatic carbocycles. The van der Waals surface area contributed by atoms with Crippen molar-refractivity contribution in [1.82, 2.24) is 0 Å². The third kappa shape index (κ3) is 2.53. The molecule has 2 nitrogen and oxygen atoms in total. The van der Waals surface area contributed by atoms with Crippen molar-refractivity contribution in [1.29, 1.82) is 0 Å². The van der Waals surface area contributed by atoms with Crippen LogP contribution in [0.3, 0.4) is 0 Å². The summed E-state index contributed by atoms with van der Waals surface area (Å²) in [6, 6.07) is 5.62. The van der Waals surface area contributed by atoms with Gasteiger partial charge in [-0.05, 0) is 25.5 Å². The predicted molar refractivity (Wildman–Crippen MR) is 57.5 cm³/mol. The summed E-state index contributed by atoms with van der Waals surface area (Å²) in [5.41, 5.74) is 7.93. The fourth-order valence-corrected chi connectivity index (χ4v) is 1.69. The summed E-state index contributed by atoms with van der Waals surface area (Å²) < 4.78 is 0.950. The van der Waals surface area contributed by atoms with Crippen molar-refractivity contribution in [3.8, 4) is 0 Å². The molecule has 0 saturated carbocycles. The quantitative estimate of drug-likeness (QED) is 0.837. The molecular formula is C10H14BrNO. The third-order valence-electron chi connectivity index (χ3n) is 2.03. The molecule has 0 bridgehead atoms. The first kappa shape index (κ1) is 10.7. The van der Waals surface area contributed by atoms with Gasteiger partial charge in [0, 0.05) is 4.47 Å². The van der Waals surface area contributed by atoms with Crippen LogP contribution >= 0.6 is 15.9 Å². The van der Waals surface area contributed by atoms with Crippen molar-refractivity contribution in [3.63, 3.8) is 0 Å². The molecule has 0 aliphatic rings. The van der Waals surface area contributed by atoms with Crippen molar-refractivity contribution in [3.05, 3.63) is 33.8 Å². The van der Waals surface area contributed by atoms with Crippen molar-refractivity contribution in [2.24, 2.45) is 5.73 Å². The van der Waals surface area contributed by atoms with Crippen LogP contribution < -0.4 is 5.73 Å². The Bertz CT molecular complexity index is 299. The van der Waals surface area contributed by atoms with Crippen LogP contribution in [0.2, 0.25) is 0 Å². The maximum atomic E-state index is 9.34. The lowest BCUT2D eigenvalue weighted by atomic mass is 10.0. The van der Waals surface area contributed by atoms with Gasteiger partial charge in [-0.1, -0.05) is 33.6 Å². The van der Waals surface area contributed by atoms with Crippen molar-refractivity contribution >= 4 is 15.9 Å². The summed E-state index contributed by atoms with van der Waals surface area (Å²) in [7, 11) is 0. The van der Waals surface area contributed by atoms with E-state index in [9.17, 15) is 5.11 Å². The largest absolute Gasteiger partial charge is 0.391 e. The molecule has 3 heteroatoms. The molecule has 0 fully saturated rings. The summed E-state index contributed by atoms with van der Waals surface area (Å²) in [6.07, 6.45) is -0.530. The van der Waals surface area contributed by atoms with Crippen LogP contribution in [0.4, 0.5) is 0 Å². The molecule has 0 aromatic heterocycles. The molecular weight excluding hydrogens is 230 g/mol. The Morgan fingerprint density at radius 2 is 2.08 bits per heavy atom. The molecule has 0 heterocycles. The van der Waals surface area contributed by atoms with Crippen molar-refractivity contribution in [2.75, 3.05) is 0 Å². The van der Waals surface area contributed by atoms with Gasteiger partial charge in [0.1, 0.15) is 0 Å². The molecule has 0 spiro atoms. The summed E-state index contributed by atoms with van der Waals surface area (Å²) in [4.78, 5) is 0. The van der Waals surface area contributed by atoms with Gasteiger partial charge in [-0.2, -0.15) is 0 Å². The second-order valence-corrected chi connectivity index (χ2v) is 4.15. The van der Waals surface area contributed by atoms with E-state index in [0.717, 1.165) is 15.6 Å². The zero-order chi connectivity index (χ0) is 10.0. The lowest BCUT2D eigenvalue weighted by Crippen LogP contribution is -2.23. The molecule has 0 unspecified atom stereocenters. The van der Waals surface area contributed by atoms with Crippen LogP contribution in [0.25, 0.3) is 0 Å². The number of hydrogen-bond acceptors (Lipinski definition) is 2. The average molecular weight is 244 g/mol. The highest BCUT2D eigenvalue weighted by Gasteiger charge is 2.14. The van der Waals surface area contributed by atoms with Gasteiger partial charge in [0.05, 0.1) is 12.1 Å². The van der Waals surface area contributed by atoms with E-state index in [4.69, 9.17) is 5.73 Å². The molecule has 0 saturated heterocycles. The van der Waals surface area contributed by atoms with E-state index in [1.54, 1.807) is 6.92 Å². The smallest absolute Gasteiger partial charge is 0.0705 e. The van der Waals surface area contributed by atoms with Gasteiger partial charge in [0.25, 0.3) is 0 Å². The Labute approximate surface area is 86.9 Å². The topological polar surface area (TPSA) is 46.2 Å². The third-order valence-corrected chi connectivity index (χ3v) is 2.75. The lowest BCUT2D eigenvalue weighted by Gasteiger charge is -2.17.